The number of carbonyl (C=O) groups is 1. The molecule has 1 heterocycles. The van der Waals surface area contributed by atoms with Gasteiger partial charge in [0.05, 0.1) is 12.6 Å². The van der Waals surface area contributed by atoms with Gasteiger partial charge in [-0.25, -0.2) is 0 Å². The van der Waals surface area contributed by atoms with Crippen LogP contribution in [0.2, 0.25) is 0 Å². The summed E-state index contributed by atoms with van der Waals surface area (Å²) in [5, 5.41) is 3.07. The highest BCUT2D eigenvalue weighted by atomic mass is 16.5. The van der Waals surface area contributed by atoms with Crippen LogP contribution in [0.5, 0.6) is 5.75 Å². The second kappa shape index (κ2) is 5.14. The van der Waals surface area contributed by atoms with Crippen molar-refractivity contribution >= 4 is 5.91 Å². The van der Waals surface area contributed by atoms with E-state index in [0.717, 1.165) is 17.7 Å². The van der Waals surface area contributed by atoms with E-state index >= 15 is 0 Å². The summed E-state index contributed by atoms with van der Waals surface area (Å²) in [6.45, 7) is 0.636. The molecule has 1 aliphatic rings. The van der Waals surface area contributed by atoms with Crippen LogP contribution in [0.4, 0.5) is 0 Å². The first kappa shape index (κ1) is 11.8. The predicted octanol–water partition coefficient (Wildman–Crippen LogP) is 2.94. The van der Waals surface area contributed by atoms with E-state index < -0.39 is 0 Å². The molecule has 0 saturated carbocycles. The Morgan fingerprint density at radius 2 is 1.79 bits per heavy atom. The van der Waals surface area contributed by atoms with E-state index in [2.05, 4.69) is 5.32 Å². The van der Waals surface area contributed by atoms with Gasteiger partial charge < -0.3 is 10.1 Å². The van der Waals surface area contributed by atoms with E-state index in [0.29, 0.717) is 12.2 Å². The van der Waals surface area contributed by atoms with Gasteiger partial charge in [0.1, 0.15) is 5.75 Å². The normalized spacial score (nSPS) is 17.2. The molecular weight excluding hydrogens is 238 g/mol. The van der Waals surface area contributed by atoms with Crippen LogP contribution in [0.1, 0.15) is 28.4 Å². The quantitative estimate of drug-likeness (QED) is 0.893. The number of para-hydroxylation sites is 1. The number of rotatable bonds is 2. The number of hydrogen-bond acceptors (Lipinski definition) is 2. The van der Waals surface area contributed by atoms with Crippen molar-refractivity contribution in [2.75, 3.05) is 6.61 Å². The molecule has 96 valence electrons. The van der Waals surface area contributed by atoms with Crippen molar-refractivity contribution in [3.8, 4) is 5.75 Å². The maximum Gasteiger partial charge on any atom is 0.251 e. The topological polar surface area (TPSA) is 38.3 Å². The number of nitrogens with one attached hydrogen (secondary N) is 1. The fraction of sp³-hybridized carbons (Fsp3) is 0.188. The zero-order chi connectivity index (χ0) is 13.1. The van der Waals surface area contributed by atoms with Crippen LogP contribution in [0.3, 0.4) is 0 Å². The highest BCUT2D eigenvalue weighted by molar-refractivity contribution is 5.94. The van der Waals surface area contributed by atoms with Gasteiger partial charge in [-0.05, 0) is 18.2 Å². The van der Waals surface area contributed by atoms with Crippen LogP contribution >= 0.6 is 0 Å². The van der Waals surface area contributed by atoms with Gasteiger partial charge in [0.2, 0.25) is 0 Å². The van der Waals surface area contributed by atoms with Crippen molar-refractivity contribution < 1.29 is 9.53 Å². The summed E-state index contributed by atoms with van der Waals surface area (Å²) in [7, 11) is 0. The van der Waals surface area contributed by atoms with Crippen LogP contribution < -0.4 is 10.1 Å². The van der Waals surface area contributed by atoms with E-state index in [1.807, 2.05) is 54.6 Å². The molecule has 19 heavy (non-hydrogen) atoms. The molecule has 0 aliphatic carbocycles. The lowest BCUT2D eigenvalue weighted by Gasteiger charge is -2.26. The minimum atomic E-state index is -0.0395. The lowest BCUT2D eigenvalue weighted by atomic mass is 10.00. The summed E-state index contributed by atoms with van der Waals surface area (Å²) in [5.74, 6) is 0.828. The Bertz CT molecular complexity index is 580. The average molecular weight is 253 g/mol. The predicted molar refractivity (Wildman–Crippen MR) is 73.2 cm³/mol. The largest absolute Gasteiger partial charge is 0.493 e. The number of fused-ring (bicyclic) bond motifs is 1. The Labute approximate surface area is 112 Å². The SMILES string of the molecule is O=C(N[C@@H]1CCOc2ccccc21)c1ccccc1. The van der Waals surface area contributed by atoms with E-state index in [1.165, 1.54) is 0 Å². The van der Waals surface area contributed by atoms with Gasteiger partial charge in [0.15, 0.2) is 0 Å². The molecule has 0 saturated heterocycles. The molecule has 2 aromatic rings. The summed E-state index contributed by atoms with van der Waals surface area (Å²) >= 11 is 0. The number of amides is 1. The Hall–Kier alpha value is -2.29. The molecule has 3 rings (SSSR count). The maximum absolute atomic E-state index is 12.2. The monoisotopic (exact) mass is 253 g/mol. The van der Waals surface area contributed by atoms with E-state index in [9.17, 15) is 4.79 Å². The molecule has 0 fully saturated rings. The van der Waals surface area contributed by atoms with Crippen molar-refractivity contribution in [2.24, 2.45) is 0 Å². The molecule has 1 aliphatic heterocycles. The van der Waals surface area contributed by atoms with Crippen LogP contribution in [0, 0.1) is 0 Å². The molecule has 0 aromatic heterocycles. The minimum Gasteiger partial charge on any atom is -0.493 e. The van der Waals surface area contributed by atoms with Crippen LogP contribution in [0.25, 0.3) is 0 Å². The molecule has 2 aromatic carbocycles. The average Bonchev–Trinajstić information content (AvgIpc) is 2.48. The first-order chi connectivity index (χ1) is 9.34. The van der Waals surface area contributed by atoms with Gasteiger partial charge in [-0.15, -0.1) is 0 Å². The molecule has 1 atom stereocenters. The Kier molecular flexibility index (Phi) is 3.19. The Morgan fingerprint density at radius 1 is 1.05 bits per heavy atom. The number of hydrogen-bond donors (Lipinski definition) is 1. The molecular formula is C16H15NO2. The van der Waals surface area contributed by atoms with Crippen molar-refractivity contribution in [3.05, 3.63) is 65.7 Å². The van der Waals surface area contributed by atoms with Crippen molar-refractivity contribution in [1.82, 2.24) is 5.32 Å². The van der Waals surface area contributed by atoms with Gasteiger partial charge in [0, 0.05) is 17.5 Å². The van der Waals surface area contributed by atoms with Crippen molar-refractivity contribution in [1.29, 1.82) is 0 Å². The third-order valence-corrected chi connectivity index (χ3v) is 3.30. The third-order valence-electron chi connectivity index (χ3n) is 3.30. The first-order valence-corrected chi connectivity index (χ1v) is 6.42. The zero-order valence-corrected chi connectivity index (χ0v) is 10.5. The van der Waals surface area contributed by atoms with Gasteiger partial charge in [-0.1, -0.05) is 36.4 Å². The highest BCUT2D eigenvalue weighted by Gasteiger charge is 2.22. The second-order valence-electron chi connectivity index (χ2n) is 4.57. The third kappa shape index (κ3) is 2.45. The lowest BCUT2D eigenvalue weighted by molar-refractivity contribution is 0.0925. The van der Waals surface area contributed by atoms with Crippen LogP contribution in [-0.4, -0.2) is 12.5 Å². The molecule has 0 radical (unpaired) electrons. The van der Waals surface area contributed by atoms with Crippen molar-refractivity contribution in [2.45, 2.75) is 12.5 Å². The van der Waals surface area contributed by atoms with Gasteiger partial charge in [0.25, 0.3) is 5.91 Å². The van der Waals surface area contributed by atoms with Crippen molar-refractivity contribution in [3.63, 3.8) is 0 Å². The van der Waals surface area contributed by atoms with Gasteiger partial charge >= 0.3 is 0 Å². The second-order valence-corrected chi connectivity index (χ2v) is 4.57. The number of benzene rings is 2. The smallest absolute Gasteiger partial charge is 0.251 e. The Balaban J connectivity index is 1.80. The summed E-state index contributed by atoms with van der Waals surface area (Å²) in [6, 6.07) is 17.2. The maximum atomic E-state index is 12.2. The molecule has 0 unspecified atom stereocenters. The summed E-state index contributed by atoms with van der Waals surface area (Å²) < 4.78 is 5.59. The van der Waals surface area contributed by atoms with Gasteiger partial charge in [-0.3, -0.25) is 4.79 Å². The lowest BCUT2D eigenvalue weighted by Crippen LogP contribution is -2.32. The zero-order valence-electron chi connectivity index (χ0n) is 10.5. The highest BCUT2D eigenvalue weighted by Crippen LogP contribution is 2.31. The van der Waals surface area contributed by atoms with E-state index in [1.54, 1.807) is 0 Å². The van der Waals surface area contributed by atoms with Crippen LogP contribution in [-0.2, 0) is 0 Å². The molecule has 0 bridgehead atoms. The molecule has 1 N–H and O–H groups in total. The van der Waals surface area contributed by atoms with Gasteiger partial charge in [-0.2, -0.15) is 0 Å². The Morgan fingerprint density at radius 3 is 2.63 bits per heavy atom. The van der Waals surface area contributed by atoms with Crippen LogP contribution in [0.15, 0.2) is 54.6 Å². The molecule has 0 spiro atoms. The minimum absolute atomic E-state index is 0.0256. The van der Waals surface area contributed by atoms with E-state index in [4.69, 9.17) is 4.74 Å². The molecule has 3 heteroatoms. The standard InChI is InChI=1S/C16H15NO2/c18-16(12-6-2-1-3-7-12)17-14-10-11-19-15-9-5-4-8-13(14)15/h1-9,14H,10-11H2,(H,17,18)/t14-/m1/s1. The fourth-order valence-electron chi connectivity index (χ4n) is 2.32. The first-order valence-electron chi connectivity index (χ1n) is 6.42. The van der Waals surface area contributed by atoms with E-state index in [-0.39, 0.29) is 11.9 Å². The number of carbonyl (C=O) groups excluding carboxylic acids is 1. The molecule has 1 amide bonds. The number of ether oxygens (including phenoxy) is 1. The fourth-order valence-corrected chi connectivity index (χ4v) is 2.32. The summed E-state index contributed by atoms with van der Waals surface area (Å²) in [4.78, 5) is 12.2. The summed E-state index contributed by atoms with van der Waals surface area (Å²) in [5.41, 5.74) is 1.74. The summed E-state index contributed by atoms with van der Waals surface area (Å²) in [6.07, 6.45) is 0.801. The molecule has 3 nitrogen and oxygen atoms in total.